The summed E-state index contributed by atoms with van der Waals surface area (Å²) in [7, 11) is -1.49. The van der Waals surface area contributed by atoms with Gasteiger partial charge in [-0.25, -0.2) is 9.59 Å². The molecule has 11 heteroatoms. The van der Waals surface area contributed by atoms with Gasteiger partial charge in [-0.1, -0.05) is 13.8 Å². The molecule has 0 saturated carbocycles. The molecule has 0 unspecified atom stereocenters. The highest BCUT2D eigenvalue weighted by Crippen LogP contribution is 2.12. The van der Waals surface area contributed by atoms with Crippen LogP contribution in [0.15, 0.2) is 0 Å². The maximum Gasteiger partial charge on any atom is 0.408 e. The molecule has 0 aromatic carbocycles. The van der Waals surface area contributed by atoms with Gasteiger partial charge in [-0.05, 0) is 39.5 Å². The number of primary amides is 1. The Hall–Kier alpha value is -2.30. The number of carbonyl (C=O) groups is 4. The molecule has 156 valence electrons. The number of ether oxygens (including phenoxy) is 1. The number of hydrogen-bond donors (Lipinski definition) is 5. The highest BCUT2D eigenvalue weighted by molar-refractivity contribution is 6.44. The van der Waals surface area contributed by atoms with Crippen molar-refractivity contribution in [1.82, 2.24) is 15.6 Å². The SMILES string of the molecule is CC(C)[C@H](NC(=O)OC(C)(C)C)C(=O)N[SiH2][C@@H](CCCNC(N)=O)C(=O)O. The number of carboxylic acid groups (broad SMARTS) is 1. The average Bonchev–Trinajstić information content (AvgIpc) is 2.48. The minimum Gasteiger partial charge on any atom is -0.481 e. The number of nitrogens with one attached hydrogen (secondary N) is 3. The predicted octanol–water partition coefficient (Wildman–Crippen LogP) is 0.0573. The lowest BCUT2D eigenvalue weighted by atomic mass is 10.0. The van der Waals surface area contributed by atoms with E-state index in [0.717, 1.165) is 0 Å². The molecule has 0 rings (SSSR count). The molecule has 0 radical (unpaired) electrons. The summed E-state index contributed by atoms with van der Waals surface area (Å²) in [5, 5.41) is 14.2. The van der Waals surface area contributed by atoms with Crippen LogP contribution >= 0.6 is 0 Å². The number of carbonyl (C=O) groups excluding carboxylic acids is 3. The van der Waals surface area contributed by atoms with E-state index in [9.17, 15) is 24.3 Å². The van der Waals surface area contributed by atoms with Gasteiger partial charge in [0.2, 0.25) is 5.91 Å². The van der Waals surface area contributed by atoms with Crippen LogP contribution in [-0.2, 0) is 14.3 Å². The second-order valence-corrected chi connectivity index (χ2v) is 9.33. The molecule has 0 heterocycles. The van der Waals surface area contributed by atoms with Gasteiger partial charge in [-0.15, -0.1) is 0 Å². The first kappa shape index (κ1) is 24.7. The van der Waals surface area contributed by atoms with Crippen molar-refractivity contribution in [2.45, 2.75) is 64.6 Å². The zero-order valence-corrected chi connectivity index (χ0v) is 18.0. The van der Waals surface area contributed by atoms with Crippen molar-refractivity contribution in [2.75, 3.05) is 6.54 Å². The minimum atomic E-state index is -1.49. The number of amides is 4. The van der Waals surface area contributed by atoms with Crippen LogP contribution < -0.4 is 21.3 Å². The van der Waals surface area contributed by atoms with Gasteiger partial charge < -0.3 is 31.2 Å². The molecule has 0 fully saturated rings. The van der Waals surface area contributed by atoms with Crippen LogP contribution in [0.25, 0.3) is 0 Å². The smallest absolute Gasteiger partial charge is 0.408 e. The van der Waals surface area contributed by atoms with Crippen LogP contribution in [0.4, 0.5) is 9.59 Å². The van der Waals surface area contributed by atoms with Gasteiger partial charge in [0.1, 0.15) is 21.3 Å². The van der Waals surface area contributed by atoms with Crippen LogP contribution in [0.5, 0.6) is 0 Å². The largest absolute Gasteiger partial charge is 0.481 e. The number of nitrogens with two attached hydrogens (primary N) is 1. The van der Waals surface area contributed by atoms with Gasteiger partial charge in [0, 0.05) is 6.54 Å². The van der Waals surface area contributed by atoms with Crippen molar-refractivity contribution >= 4 is 33.7 Å². The van der Waals surface area contributed by atoms with Gasteiger partial charge in [-0.2, -0.15) is 0 Å². The van der Waals surface area contributed by atoms with Gasteiger partial charge >= 0.3 is 18.1 Å². The summed E-state index contributed by atoms with van der Waals surface area (Å²) >= 11 is 0. The number of alkyl carbamates (subject to hydrolysis) is 1. The van der Waals surface area contributed by atoms with Crippen LogP contribution in [0.3, 0.4) is 0 Å². The number of rotatable bonds is 10. The summed E-state index contributed by atoms with van der Waals surface area (Å²) in [4.78, 5) is 49.0. The molecule has 4 amide bonds. The fraction of sp³-hybridized carbons (Fsp3) is 0.750. The monoisotopic (exact) mass is 404 g/mol. The van der Waals surface area contributed by atoms with Crippen LogP contribution in [0, 0.1) is 5.92 Å². The minimum absolute atomic E-state index is 0.199. The van der Waals surface area contributed by atoms with E-state index in [-0.39, 0.29) is 12.5 Å². The first-order chi connectivity index (χ1) is 12.3. The van der Waals surface area contributed by atoms with E-state index < -0.39 is 50.9 Å². The van der Waals surface area contributed by atoms with Gasteiger partial charge in [0.25, 0.3) is 0 Å². The third kappa shape index (κ3) is 11.8. The second-order valence-electron chi connectivity index (χ2n) is 7.58. The van der Waals surface area contributed by atoms with E-state index in [2.05, 4.69) is 15.6 Å². The van der Waals surface area contributed by atoms with Gasteiger partial charge in [0.05, 0.1) is 5.54 Å². The standard InChI is InChI=1S/C16H32N4O6Si/c1-9(2)11(19-15(25)26-16(3,4)5)12(21)20-27-10(13(22)23)7-6-8-18-14(17)24/h9-11H,6-8,27H2,1-5H3,(H,19,25)(H,20,21)(H,22,23)(H3,17,18,24)/t10-,11-/m0/s1. The van der Waals surface area contributed by atoms with E-state index in [1.54, 1.807) is 34.6 Å². The van der Waals surface area contributed by atoms with Crippen molar-refractivity contribution in [3.8, 4) is 0 Å². The maximum absolute atomic E-state index is 12.4. The Morgan fingerprint density at radius 2 is 1.78 bits per heavy atom. The number of aliphatic carboxylic acids is 1. The fourth-order valence-electron chi connectivity index (χ4n) is 2.18. The summed E-state index contributed by atoms with van der Waals surface area (Å²) in [5.74, 6) is -1.62. The Bertz CT molecular complexity index is 535. The fourth-order valence-corrected chi connectivity index (χ4v) is 3.51. The summed E-state index contributed by atoms with van der Waals surface area (Å²) in [6, 6.07) is -1.49. The molecule has 0 aromatic rings. The average molecular weight is 405 g/mol. The molecular formula is C16H32N4O6Si. The molecule has 27 heavy (non-hydrogen) atoms. The Morgan fingerprint density at radius 1 is 1.19 bits per heavy atom. The molecule has 0 bridgehead atoms. The van der Waals surface area contributed by atoms with Crippen LogP contribution in [0.2, 0.25) is 5.54 Å². The number of hydrogen-bond acceptors (Lipinski definition) is 5. The van der Waals surface area contributed by atoms with Crippen LogP contribution in [0.1, 0.15) is 47.5 Å². The quantitative estimate of drug-likeness (QED) is 0.255. The lowest BCUT2D eigenvalue weighted by Crippen LogP contribution is -2.52. The summed E-state index contributed by atoms with van der Waals surface area (Å²) in [6.07, 6.45) is 0.0471. The molecular weight excluding hydrogens is 372 g/mol. The predicted molar refractivity (Wildman–Crippen MR) is 103 cm³/mol. The highest BCUT2D eigenvalue weighted by Gasteiger charge is 2.28. The zero-order valence-electron chi connectivity index (χ0n) is 16.6. The molecule has 0 spiro atoms. The third-order valence-corrected chi connectivity index (χ3v) is 5.32. The lowest BCUT2D eigenvalue weighted by Gasteiger charge is -2.25. The van der Waals surface area contributed by atoms with Crippen molar-refractivity contribution in [3.63, 3.8) is 0 Å². The van der Waals surface area contributed by atoms with E-state index in [4.69, 9.17) is 10.5 Å². The molecule has 0 saturated heterocycles. The lowest BCUT2D eigenvalue weighted by molar-refractivity contribution is -0.137. The van der Waals surface area contributed by atoms with Crippen LogP contribution in [-0.4, -0.2) is 57.0 Å². The Kier molecular flexibility index (Phi) is 10.4. The summed E-state index contributed by atoms with van der Waals surface area (Å²) in [6.45, 7) is 8.97. The van der Waals surface area contributed by atoms with Gasteiger partial charge in [-0.3, -0.25) is 9.59 Å². The molecule has 0 aliphatic rings. The molecule has 6 N–H and O–H groups in total. The topological polar surface area (TPSA) is 160 Å². The molecule has 0 aliphatic heterocycles. The second kappa shape index (κ2) is 11.4. The van der Waals surface area contributed by atoms with Gasteiger partial charge in [0.15, 0.2) is 0 Å². The molecule has 10 nitrogen and oxygen atoms in total. The first-order valence-electron chi connectivity index (χ1n) is 8.86. The van der Waals surface area contributed by atoms with E-state index in [0.29, 0.717) is 12.8 Å². The summed E-state index contributed by atoms with van der Waals surface area (Å²) < 4.78 is 5.16. The van der Waals surface area contributed by atoms with Crippen molar-refractivity contribution in [3.05, 3.63) is 0 Å². The third-order valence-electron chi connectivity index (χ3n) is 3.52. The van der Waals surface area contributed by atoms with Crippen molar-refractivity contribution in [1.29, 1.82) is 0 Å². The Morgan fingerprint density at radius 3 is 2.22 bits per heavy atom. The number of carboxylic acids is 1. The van der Waals surface area contributed by atoms with Crippen molar-refractivity contribution < 1.29 is 29.0 Å². The Labute approximate surface area is 161 Å². The summed E-state index contributed by atoms with van der Waals surface area (Å²) in [5.41, 5.74) is 3.57. The van der Waals surface area contributed by atoms with E-state index in [1.807, 2.05) is 0 Å². The molecule has 0 aromatic heterocycles. The normalized spacial score (nSPS) is 13.9. The first-order valence-corrected chi connectivity index (χ1v) is 10.4. The van der Waals surface area contributed by atoms with E-state index >= 15 is 0 Å². The highest BCUT2D eigenvalue weighted by atomic mass is 28.2. The van der Waals surface area contributed by atoms with E-state index in [1.165, 1.54) is 0 Å². The maximum atomic E-state index is 12.4. The molecule has 0 aliphatic carbocycles. The molecule has 2 atom stereocenters. The zero-order chi connectivity index (χ0) is 21.2. The number of urea groups is 1. The van der Waals surface area contributed by atoms with Crippen molar-refractivity contribution in [2.24, 2.45) is 11.7 Å². The Balaban J connectivity index is 4.65.